The molecule has 292 valence electrons. The van der Waals surface area contributed by atoms with E-state index in [1.165, 1.54) is 18.2 Å². The second kappa shape index (κ2) is 15.0. The van der Waals surface area contributed by atoms with E-state index in [-0.39, 0.29) is 5.97 Å². The van der Waals surface area contributed by atoms with Crippen molar-refractivity contribution in [1.82, 2.24) is 19.9 Å². The molecule has 6 heteroatoms. The number of hydrogen-bond acceptors (Lipinski definition) is 4. The first-order chi connectivity index (χ1) is 29.0. The Morgan fingerprint density at radius 2 is 0.850 bits per heavy atom. The maximum atomic E-state index is 12.5. The number of terminal acetylenes is 1. The number of H-pyrrole nitrogens is 2. The molecule has 60 heavy (non-hydrogen) atoms. The normalized spacial score (nSPS) is 11.8. The summed E-state index contributed by atoms with van der Waals surface area (Å²) in [6.45, 7) is 12.9. The van der Waals surface area contributed by atoms with E-state index in [2.05, 4.69) is 142 Å². The van der Waals surface area contributed by atoms with E-state index in [1.807, 2.05) is 24.3 Å². The predicted octanol–water partition coefficient (Wildman–Crippen LogP) is 12.9. The molecule has 0 saturated heterocycles. The molecule has 0 amide bonds. The van der Waals surface area contributed by atoms with Crippen molar-refractivity contribution in [2.45, 2.75) is 41.5 Å². The second-order valence-corrected chi connectivity index (χ2v) is 15.8. The smallest absolute Gasteiger partial charge is 0.337 e. The number of hydrogen-bond donors (Lipinski definition) is 2. The average Bonchev–Trinajstić information content (AvgIpc) is 4.07. The lowest BCUT2D eigenvalue weighted by molar-refractivity contribution is 0.0600. The van der Waals surface area contributed by atoms with Gasteiger partial charge in [-0.15, -0.1) is 6.42 Å². The minimum absolute atomic E-state index is 0.386. The number of esters is 1. The van der Waals surface area contributed by atoms with Crippen molar-refractivity contribution in [2.75, 3.05) is 7.11 Å². The van der Waals surface area contributed by atoms with Gasteiger partial charge in [0, 0.05) is 49.9 Å². The van der Waals surface area contributed by atoms with E-state index in [4.69, 9.17) is 21.1 Å². The van der Waals surface area contributed by atoms with Crippen LogP contribution in [-0.2, 0) is 4.74 Å². The Morgan fingerprint density at radius 1 is 0.500 bits per heavy atom. The van der Waals surface area contributed by atoms with Crippen molar-refractivity contribution < 1.29 is 9.53 Å². The number of aryl methyl sites for hydroxylation is 6. The number of nitrogens with zero attached hydrogens (tertiary/aromatic N) is 2. The lowest BCUT2D eigenvalue weighted by Gasteiger charge is -2.13. The highest BCUT2D eigenvalue weighted by Gasteiger charge is 2.22. The quantitative estimate of drug-likeness (QED) is 0.135. The molecular weight excluding hydrogens is 737 g/mol. The van der Waals surface area contributed by atoms with E-state index in [0.717, 1.165) is 117 Å². The van der Waals surface area contributed by atoms with Crippen LogP contribution in [0.1, 0.15) is 72.1 Å². The molecule has 3 aromatic heterocycles. The largest absolute Gasteiger partial charge is 0.465 e. The van der Waals surface area contributed by atoms with Crippen LogP contribution in [-0.4, -0.2) is 33.0 Å². The zero-order chi connectivity index (χ0) is 41.8. The summed E-state index contributed by atoms with van der Waals surface area (Å²) in [5.74, 6) is 2.38. The van der Waals surface area contributed by atoms with E-state index in [0.29, 0.717) is 5.56 Å². The number of rotatable bonds is 5. The van der Waals surface area contributed by atoms with E-state index < -0.39 is 0 Å². The van der Waals surface area contributed by atoms with Crippen LogP contribution in [0.2, 0.25) is 0 Å². The van der Waals surface area contributed by atoms with Crippen LogP contribution in [0.15, 0.2) is 97.1 Å². The summed E-state index contributed by atoms with van der Waals surface area (Å²) in [5, 5.41) is 0. The van der Waals surface area contributed by atoms with Crippen LogP contribution in [0.4, 0.5) is 0 Å². The number of carbonyl (C=O) groups is 1. The monoisotopic (exact) mass is 780 g/mol. The third kappa shape index (κ3) is 6.64. The first kappa shape index (κ1) is 38.1. The Balaban J connectivity index is 1.48. The third-order valence-corrected chi connectivity index (χ3v) is 11.5. The van der Waals surface area contributed by atoms with Crippen molar-refractivity contribution in [3.05, 3.63) is 164 Å². The maximum Gasteiger partial charge on any atom is 0.337 e. The first-order valence-electron chi connectivity index (χ1n) is 20.1. The van der Waals surface area contributed by atoms with Crippen LogP contribution in [0.25, 0.3) is 90.9 Å². The summed E-state index contributed by atoms with van der Waals surface area (Å²) in [6.07, 6.45) is 14.3. The number of aromatic amines is 2. The summed E-state index contributed by atoms with van der Waals surface area (Å²) in [5.41, 5.74) is 23.3. The Morgan fingerprint density at radius 3 is 1.22 bits per heavy atom. The van der Waals surface area contributed by atoms with Crippen LogP contribution in [0.3, 0.4) is 0 Å². The number of nitrogens with one attached hydrogen (secondary N) is 2. The van der Waals surface area contributed by atoms with Gasteiger partial charge >= 0.3 is 5.97 Å². The molecule has 2 aliphatic rings. The first-order valence-corrected chi connectivity index (χ1v) is 20.1. The molecule has 2 N–H and O–H groups in total. The van der Waals surface area contributed by atoms with Gasteiger partial charge in [-0.1, -0.05) is 65.6 Å². The molecular formula is C54H44N4O2. The number of ether oxygens (including phenoxy) is 1. The fourth-order valence-electron chi connectivity index (χ4n) is 9.11. The molecule has 0 fully saturated rings. The Kier molecular flexibility index (Phi) is 9.53. The Hall–Kier alpha value is -7.49. The molecule has 8 bridgehead atoms. The zero-order valence-corrected chi connectivity index (χ0v) is 34.8. The zero-order valence-electron chi connectivity index (χ0n) is 34.8. The maximum absolute atomic E-state index is 12.5. The van der Waals surface area contributed by atoms with Gasteiger partial charge in [-0.25, -0.2) is 14.8 Å². The molecule has 4 aromatic carbocycles. The molecule has 0 saturated carbocycles. The molecule has 9 rings (SSSR count). The lowest BCUT2D eigenvalue weighted by Crippen LogP contribution is -2.00. The summed E-state index contributed by atoms with van der Waals surface area (Å²) in [7, 11) is 1.40. The fourth-order valence-corrected chi connectivity index (χ4v) is 9.11. The fraction of sp³-hybridized carbons (Fsp3) is 0.130. The van der Waals surface area contributed by atoms with Crippen molar-refractivity contribution in [2.24, 2.45) is 0 Å². The van der Waals surface area contributed by atoms with Gasteiger partial charge in [0.25, 0.3) is 0 Å². The van der Waals surface area contributed by atoms with Gasteiger partial charge in [0.1, 0.15) is 0 Å². The van der Waals surface area contributed by atoms with Gasteiger partial charge in [0.15, 0.2) is 0 Å². The van der Waals surface area contributed by atoms with Gasteiger partial charge in [0.05, 0.1) is 35.4 Å². The molecule has 0 atom stereocenters. The molecule has 2 aliphatic heterocycles. The van der Waals surface area contributed by atoms with Crippen LogP contribution in [0.5, 0.6) is 0 Å². The van der Waals surface area contributed by atoms with Gasteiger partial charge < -0.3 is 14.7 Å². The predicted molar refractivity (Wildman–Crippen MR) is 248 cm³/mol. The van der Waals surface area contributed by atoms with Crippen molar-refractivity contribution in [3.8, 4) is 56.9 Å². The standard InChI is InChI=1S/C54H44N4O2/c1-9-36-10-12-37(13-11-36)50-40-18-22-44(55-40)52(48-32(4)26-30(2)27-33(48)5)46-24-20-42(57-46)51(38-14-16-39(17-15-38)54(59)60-8)43-21-25-47(58-43)53(45-23-19-41(50)56-45)49-34(6)28-31(3)29-35(49)7/h1,10-29,55,58H,2-8H3. The highest BCUT2D eigenvalue weighted by atomic mass is 16.5. The summed E-state index contributed by atoms with van der Waals surface area (Å²) in [6, 6.07) is 33.1. The van der Waals surface area contributed by atoms with Crippen LogP contribution < -0.4 is 0 Å². The molecule has 6 nitrogen and oxygen atoms in total. The van der Waals surface area contributed by atoms with Crippen LogP contribution >= 0.6 is 0 Å². The minimum Gasteiger partial charge on any atom is -0.465 e. The number of fused-ring (bicyclic) bond motifs is 8. The van der Waals surface area contributed by atoms with Gasteiger partial charge in [-0.05, 0) is 159 Å². The van der Waals surface area contributed by atoms with Crippen molar-refractivity contribution in [1.29, 1.82) is 0 Å². The number of methoxy groups -OCH3 is 1. The minimum atomic E-state index is -0.386. The topological polar surface area (TPSA) is 83.7 Å². The highest BCUT2D eigenvalue weighted by Crippen LogP contribution is 2.41. The Bertz CT molecular complexity index is 3100. The molecule has 0 unspecified atom stereocenters. The number of carbonyl (C=O) groups excluding carboxylic acids is 1. The molecule has 0 radical (unpaired) electrons. The van der Waals surface area contributed by atoms with E-state index in [9.17, 15) is 4.79 Å². The van der Waals surface area contributed by atoms with Crippen LogP contribution in [0, 0.1) is 53.9 Å². The van der Waals surface area contributed by atoms with Crippen molar-refractivity contribution in [3.63, 3.8) is 0 Å². The molecule has 7 aromatic rings. The number of aromatic nitrogens is 4. The van der Waals surface area contributed by atoms with Gasteiger partial charge in [0.2, 0.25) is 0 Å². The van der Waals surface area contributed by atoms with Crippen molar-refractivity contribution >= 4 is 52.3 Å². The highest BCUT2D eigenvalue weighted by molar-refractivity contribution is 6.01. The van der Waals surface area contributed by atoms with E-state index >= 15 is 0 Å². The molecule has 5 heterocycles. The second-order valence-electron chi connectivity index (χ2n) is 15.8. The Labute approximate surface area is 350 Å². The molecule has 0 spiro atoms. The van der Waals surface area contributed by atoms with E-state index in [1.54, 1.807) is 12.1 Å². The summed E-state index contributed by atoms with van der Waals surface area (Å²) >= 11 is 0. The third-order valence-electron chi connectivity index (χ3n) is 11.5. The SMILES string of the molecule is C#Cc1ccc(-c2c3nc(c(-c4c(C)cc(C)cc4C)c4ccc([nH]4)c(-c4ccc(C(=O)OC)cc4)c4nc(c(-c5c(C)cc(C)cc5C)c5ccc2[nH]5)C=C4)C=C3)cc1. The summed E-state index contributed by atoms with van der Waals surface area (Å²) < 4.78 is 5.04. The van der Waals surface area contributed by atoms with Gasteiger partial charge in [-0.2, -0.15) is 0 Å². The van der Waals surface area contributed by atoms with Gasteiger partial charge in [-0.3, -0.25) is 0 Å². The summed E-state index contributed by atoms with van der Waals surface area (Å²) in [4.78, 5) is 31.2. The molecule has 0 aliphatic carbocycles. The average molecular weight is 781 g/mol. The lowest BCUT2D eigenvalue weighted by atomic mass is 9.92. The number of benzene rings is 4.